The number of amides is 1. The quantitative estimate of drug-likeness (QED) is 0.797. The van der Waals surface area contributed by atoms with Gasteiger partial charge in [-0.2, -0.15) is 0 Å². The molecule has 1 amide bonds. The van der Waals surface area contributed by atoms with E-state index in [4.69, 9.17) is 4.74 Å². The van der Waals surface area contributed by atoms with E-state index in [2.05, 4.69) is 4.98 Å². The van der Waals surface area contributed by atoms with Crippen LogP contribution < -0.4 is 0 Å². The van der Waals surface area contributed by atoms with Crippen molar-refractivity contribution in [3.8, 4) is 0 Å². The van der Waals surface area contributed by atoms with Crippen LogP contribution in [0.25, 0.3) is 0 Å². The monoisotopic (exact) mass is 290 g/mol. The number of hydrogen-bond acceptors (Lipinski definition) is 4. The zero-order chi connectivity index (χ0) is 15.6. The fourth-order valence-electron chi connectivity index (χ4n) is 2.34. The molecule has 1 aromatic heterocycles. The summed E-state index contributed by atoms with van der Waals surface area (Å²) in [4.78, 5) is 30.0. The molecule has 0 aliphatic carbocycles. The Morgan fingerprint density at radius 2 is 2.10 bits per heavy atom. The van der Waals surface area contributed by atoms with Gasteiger partial charge in [-0.1, -0.05) is 6.07 Å². The van der Waals surface area contributed by atoms with Crippen molar-refractivity contribution in [2.75, 3.05) is 6.54 Å². The molecule has 5 heteroatoms. The molecule has 1 fully saturated rings. The number of ether oxygens (including phenoxy) is 1. The van der Waals surface area contributed by atoms with Gasteiger partial charge in [0.05, 0.1) is 6.04 Å². The molecule has 114 valence electrons. The first-order valence-corrected chi connectivity index (χ1v) is 7.20. The largest absolute Gasteiger partial charge is 0.444 e. The number of aromatic nitrogens is 1. The Kier molecular flexibility index (Phi) is 4.30. The lowest BCUT2D eigenvalue weighted by atomic mass is 9.96. The van der Waals surface area contributed by atoms with Gasteiger partial charge < -0.3 is 9.64 Å². The summed E-state index contributed by atoms with van der Waals surface area (Å²) >= 11 is 0. The van der Waals surface area contributed by atoms with E-state index in [-0.39, 0.29) is 17.9 Å². The smallest absolute Gasteiger partial charge is 0.410 e. The average molecular weight is 290 g/mol. The SMILES string of the molecule is Cc1ccc([C@@H]2CC(=O)CCN2C(=O)OC(C)(C)C)cn1. The van der Waals surface area contributed by atoms with Gasteiger partial charge in [0, 0.05) is 31.3 Å². The lowest BCUT2D eigenvalue weighted by Gasteiger charge is -2.36. The van der Waals surface area contributed by atoms with Crippen LogP contribution in [0.1, 0.15) is 50.9 Å². The van der Waals surface area contributed by atoms with Crippen molar-refractivity contribution in [2.24, 2.45) is 0 Å². The van der Waals surface area contributed by atoms with Crippen LogP contribution in [0.5, 0.6) is 0 Å². The Hall–Kier alpha value is -1.91. The molecule has 1 atom stereocenters. The Labute approximate surface area is 125 Å². The summed E-state index contributed by atoms with van der Waals surface area (Å²) in [6.07, 6.45) is 2.07. The number of ketones is 1. The van der Waals surface area contributed by atoms with Gasteiger partial charge in [-0.15, -0.1) is 0 Å². The fraction of sp³-hybridized carbons (Fsp3) is 0.562. The van der Waals surface area contributed by atoms with Crippen molar-refractivity contribution >= 4 is 11.9 Å². The fourth-order valence-corrected chi connectivity index (χ4v) is 2.34. The predicted octanol–water partition coefficient (Wildman–Crippen LogP) is 3.03. The minimum atomic E-state index is -0.547. The van der Waals surface area contributed by atoms with Gasteiger partial charge in [-0.25, -0.2) is 4.79 Å². The molecule has 1 aliphatic heterocycles. The number of nitrogens with zero attached hydrogens (tertiary/aromatic N) is 2. The van der Waals surface area contributed by atoms with Crippen LogP contribution >= 0.6 is 0 Å². The maximum atomic E-state index is 12.3. The molecule has 0 radical (unpaired) electrons. The van der Waals surface area contributed by atoms with Gasteiger partial charge in [-0.05, 0) is 39.3 Å². The third-order valence-corrected chi connectivity index (χ3v) is 3.38. The van der Waals surface area contributed by atoms with Crippen molar-refractivity contribution in [1.82, 2.24) is 9.88 Å². The number of likely N-dealkylation sites (tertiary alicyclic amines) is 1. The summed E-state index contributed by atoms with van der Waals surface area (Å²) in [5, 5.41) is 0. The maximum Gasteiger partial charge on any atom is 0.410 e. The van der Waals surface area contributed by atoms with Gasteiger partial charge in [0.1, 0.15) is 11.4 Å². The van der Waals surface area contributed by atoms with E-state index in [9.17, 15) is 9.59 Å². The molecule has 21 heavy (non-hydrogen) atoms. The summed E-state index contributed by atoms with van der Waals surface area (Å²) in [5.41, 5.74) is 1.23. The molecular formula is C16H22N2O3. The molecule has 1 saturated heterocycles. The Balaban J connectivity index is 2.23. The molecule has 0 bridgehead atoms. The minimum Gasteiger partial charge on any atom is -0.444 e. The average Bonchev–Trinajstić information content (AvgIpc) is 2.37. The van der Waals surface area contributed by atoms with Crippen molar-refractivity contribution in [3.05, 3.63) is 29.6 Å². The number of Topliss-reactive ketones (excluding diaryl/α,β-unsaturated/α-hetero) is 1. The second kappa shape index (κ2) is 5.84. The molecule has 0 aromatic carbocycles. The van der Waals surface area contributed by atoms with Crippen LogP contribution in [0.2, 0.25) is 0 Å². The van der Waals surface area contributed by atoms with Crippen molar-refractivity contribution < 1.29 is 14.3 Å². The van der Waals surface area contributed by atoms with Crippen LogP contribution in [-0.4, -0.2) is 33.9 Å². The van der Waals surface area contributed by atoms with Crippen LogP contribution in [0, 0.1) is 6.92 Å². The minimum absolute atomic E-state index is 0.167. The van der Waals surface area contributed by atoms with E-state index in [0.717, 1.165) is 11.3 Å². The summed E-state index contributed by atoms with van der Waals surface area (Å²) in [6.45, 7) is 7.81. The van der Waals surface area contributed by atoms with E-state index in [1.807, 2.05) is 39.8 Å². The van der Waals surface area contributed by atoms with E-state index in [1.54, 1.807) is 11.1 Å². The summed E-state index contributed by atoms with van der Waals surface area (Å²) < 4.78 is 5.44. The first-order valence-electron chi connectivity index (χ1n) is 7.20. The predicted molar refractivity (Wildman–Crippen MR) is 78.9 cm³/mol. The summed E-state index contributed by atoms with van der Waals surface area (Å²) in [6, 6.07) is 3.53. The molecule has 1 aliphatic rings. The number of aryl methyl sites for hydroxylation is 1. The Bertz CT molecular complexity index is 531. The molecule has 2 rings (SSSR count). The highest BCUT2D eigenvalue weighted by atomic mass is 16.6. The Morgan fingerprint density at radius 3 is 2.67 bits per heavy atom. The molecule has 2 heterocycles. The van der Waals surface area contributed by atoms with Crippen LogP contribution in [0.4, 0.5) is 4.79 Å². The Morgan fingerprint density at radius 1 is 1.38 bits per heavy atom. The van der Waals surface area contributed by atoms with Gasteiger partial charge in [0.2, 0.25) is 0 Å². The third-order valence-electron chi connectivity index (χ3n) is 3.38. The highest BCUT2D eigenvalue weighted by molar-refractivity contribution is 5.82. The number of carbonyl (C=O) groups is 2. The number of carbonyl (C=O) groups excluding carboxylic acids is 2. The zero-order valence-corrected chi connectivity index (χ0v) is 13.0. The molecule has 0 unspecified atom stereocenters. The van der Waals surface area contributed by atoms with Crippen molar-refractivity contribution in [3.63, 3.8) is 0 Å². The van der Waals surface area contributed by atoms with Crippen molar-refractivity contribution in [2.45, 2.75) is 52.2 Å². The molecular weight excluding hydrogens is 268 g/mol. The number of pyridine rings is 1. The number of piperidine rings is 1. The highest BCUT2D eigenvalue weighted by Crippen LogP contribution is 2.30. The van der Waals surface area contributed by atoms with Crippen LogP contribution in [0.15, 0.2) is 18.3 Å². The van der Waals surface area contributed by atoms with Crippen LogP contribution in [-0.2, 0) is 9.53 Å². The molecule has 0 N–H and O–H groups in total. The van der Waals surface area contributed by atoms with Gasteiger partial charge in [-0.3, -0.25) is 9.78 Å². The van der Waals surface area contributed by atoms with Crippen LogP contribution in [0.3, 0.4) is 0 Å². The second-order valence-corrected chi connectivity index (χ2v) is 6.42. The zero-order valence-electron chi connectivity index (χ0n) is 13.0. The van der Waals surface area contributed by atoms with E-state index in [1.165, 1.54) is 0 Å². The molecule has 1 aromatic rings. The normalized spacial score (nSPS) is 19.5. The maximum absolute atomic E-state index is 12.3. The van der Waals surface area contributed by atoms with Gasteiger partial charge in [0.25, 0.3) is 0 Å². The van der Waals surface area contributed by atoms with Gasteiger partial charge >= 0.3 is 6.09 Å². The van der Waals surface area contributed by atoms with E-state index < -0.39 is 5.60 Å². The van der Waals surface area contributed by atoms with Crippen molar-refractivity contribution in [1.29, 1.82) is 0 Å². The van der Waals surface area contributed by atoms with E-state index in [0.29, 0.717) is 19.4 Å². The second-order valence-electron chi connectivity index (χ2n) is 6.42. The summed E-state index contributed by atoms with van der Waals surface area (Å²) in [5.74, 6) is 0.167. The standard InChI is InChI=1S/C16H22N2O3/c1-11-5-6-12(10-17-11)14-9-13(19)7-8-18(14)15(20)21-16(2,3)4/h5-6,10,14H,7-9H2,1-4H3/t14-/m0/s1. The van der Waals surface area contributed by atoms with E-state index >= 15 is 0 Å². The molecule has 0 saturated carbocycles. The van der Waals surface area contributed by atoms with Gasteiger partial charge in [0.15, 0.2) is 0 Å². The molecule has 5 nitrogen and oxygen atoms in total. The first-order chi connectivity index (χ1) is 9.76. The third kappa shape index (κ3) is 4.03. The lowest BCUT2D eigenvalue weighted by Crippen LogP contribution is -2.44. The summed E-state index contributed by atoms with van der Waals surface area (Å²) in [7, 11) is 0. The number of rotatable bonds is 1. The number of hydrogen-bond donors (Lipinski definition) is 0. The topological polar surface area (TPSA) is 59.5 Å². The first kappa shape index (κ1) is 15.5. The molecule has 0 spiro atoms. The highest BCUT2D eigenvalue weighted by Gasteiger charge is 2.34. The lowest BCUT2D eigenvalue weighted by molar-refractivity contribution is -0.123.